The summed E-state index contributed by atoms with van der Waals surface area (Å²) >= 11 is 1.88. The molecular formula is C14H21N3S. The minimum atomic E-state index is 0.532. The molecule has 0 bridgehead atoms. The summed E-state index contributed by atoms with van der Waals surface area (Å²) in [6.07, 6.45) is 2.04. The Kier molecular flexibility index (Phi) is 4.19. The number of nitrogens with zero attached hydrogens (tertiary/aromatic N) is 2. The van der Waals surface area contributed by atoms with Crippen molar-refractivity contribution in [3.8, 4) is 0 Å². The van der Waals surface area contributed by atoms with E-state index in [-0.39, 0.29) is 0 Å². The monoisotopic (exact) mass is 263 g/mol. The zero-order chi connectivity index (χ0) is 13.1. The molecule has 0 radical (unpaired) electrons. The predicted molar refractivity (Wildman–Crippen MR) is 77.1 cm³/mol. The summed E-state index contributed by atoms with van der Waals surface area (Å²) in [6.45, 7) is 10.4. The van der Waals surface area contributed by atoms with E-state index in [2.05, 4.69) is 37.3 Å². The van der Waals surface area contributed by atoms with Crippen LogP contribution in [-0.2, 0) is 13.1 Å². The van der Waals surface area contributed by atoms with E-state index in [9.17, 15) is 0 Å². The molecule has 2 aromatic heterocycles. The van der Waals surface area contributed by atoms with Crippen LogP contribution >= 0.6 is 11.3 Å². The first kappa shape index (κ1) is 13.3. The third-order valence-electron chi connectivity index (χ3n) is 2.86. The molecule has 98 valence electrons. The summed E-state index contributed by atoms with van der Waals surface area (Å²) in [7, 11) is 0. The first-order valence-corrected chi connectivity index (χ1v) is 7.18. The number of rotatable bonds is 5. The van der Waals surface area contributed by atoms with Gasteiger partial charge in [-0.3, -0.25) is 4.68 Å². The molecule has 0 unspecified atom stereocenters. The first-order chi connectivity index (χ1) is 8.54. The molecule has 0 aliphatic carbocycles. The highest BCUT2D eigenvalue weighted by Gasteiger charge is 2.07. The molecule has 0 atom stereocenters. The smallest absolute Gasteiger partial charge is 0.0670 e. The van der Waals surface area contributed by atoms with Gasteiger partial charge in [0.05, 0.1) is 12.2 Å². The Morgan fingerprint density at radius 1 is 1.39 bits per heavy atom. The third kappa shape index (κ3) is 3.43. The SMILES string of the molecule is Cc1ccn(Cc2cc(CNC(C)C)sc2C)n1. The number of hydrogen-bond donors (Lipinski definition) is 1. The van der Waals surface area contributed by atoms with E-state index in [4.69, 9.17) is 0 Å². The minimum absolute atomic E-state index is 0.532. The molecule has 0 aliphatic rings. The zero-order valence-corrected chi connectivity index (χ0v) is 12.3. The molecule has 0 aromatic carbocycles. The molecule has 0 saturated carbocycles. The maximum absolute atomic E-state index is 4.44. The zero-order valence-electron chi connectivity index (χ0n) is 11.5. The number of thiophene rings is 1. The van der Waals surface area contributed by atoms with Crippen LogP contribution in [0.3, 0.4) is 0 Å². The highest BCUT2D eigenvalue weighted by Crippen LogP contribution is 2.22. The molecule has 18 heavy (non-hydrogen) atoms. The second kappa shape index (κ2) is 5.67. The van der Waals surface area contributed by atoms with E-state index >= 15 is 0 Å². The van der Waals surface area contributed by atoms with E-state index in [1.54, 1.807) is 0 Å². The summed E-state index contributed by atoms with van der Waals surface area (Å²) in [5.41, 5.74) is 2.45. The lowest BCUT2D eigenvalue weighted by Crippen LogP contribution is -2.21. The summed E-state index contributed by atoms with van der Waals surface area (Å²) in [5, 5.41) is 7.89. The van der Waals surface area contributed by atoms with E-state index in [0.29, 0.717) is 6.04 Å². The van der Waals surface area contributed by atoms with Crippen LogP contribution in [0.5, 0.6) is 0 Å². The van der Waals surface area contributed by atoms with E-state index in [1.807, 2.05) is 35.2 Å². The number of hydrogen-bond acceptors (Lipinski definition) is 3. The van der Waals surface area contributed by atoms with Crippen LogP contribution in [0, 0.1) is 13.8 Å². The number of aryl methyl sites for hydroxylation is 2. The molecule has 0 fully saturated rings. The Balaban J connectivity index is 2.04. The van der Waals surface area contributed by atoms with Gasteiger partial charge in [0.2, 0.25) is 0 Å². The van der Waals surface area contributed by atoms with Crippen molar-refractivity contribution >= 4 is 11.3 Å². The largest absolute Gasteiger partial charge is 0.310 e. The Morgan fingerprint density at radius 2 is 2.17 bits per heavy atom. The summed E-state index contributed by atoms with van der Waals surface area (Å²) in [6, 6.07) is 4.87. The standard InChI is InChI=1S/C14H21N3S/c1-10(2)15-8-14-7-13(12(4)18-14)9-17-6-5-11(3)16-17/h5-7,10,15H,8-9H2,1-4H3. The second-order valence-electron chi connectivity index (χ2n) is 4.98. The maximum Gasteiger partial charge on any atom is 0.0670 e. The van der Waals surface area contributed by atoms with Gasteiger partial charge in [-0.2, -0.15) is 5.10 Å². The molecule has 4 heteroatoms. The molecular weight excluding hydrogens is 242 g/mol. The number of aromatic nitrogens is 2. The summed E-state index contributed by atoms with van der Waals surface area (Å²) < 4.78 is 2.00. The maximum atomic E-state index is 4.44. The van der Waals surface area contributed by atoms with Crippen molar-refractivity contribution in [2.24, 2.45) is 0 Å². The van der Waals surface area contributed by atoms with Crippen LogP contribution in [0.4, 0.5) is 0 Å². The van der Waals surface area contributed by atoms with Crippen LogP contribution < -0.4 is 5.32 Å². The summed E-state index contributed by atoms with van der Waals surface area (Å²) in [5.74, 6) is 0. The Morgan fingerprint density at radius 3 is 2.78 bits per heavy atom. The van der Waals surface area contributed by atoms with Gasteiger partial charge in [0.1, 0.15) is 0 Å². The van der Waals surface area contributed by atoms with E-state index in [1.165, 1.54) is 15.3 Å². The molecule has 2 rings (SSSR count). The van der Waals surface area contributed by atoms with Gasteiger partial charge in [0.25, 0.3) is 0 Å². The van der Waals surface area contributed by atoms with Crippen LogP contribution in [0.1, 0.15) is 34.9 Å². The second-order valence-corrected chi connectivity index (χ2v) is 6.33. The van der Waals surface area contributed by atoms with Gasteiger partial charge in [-0.1, -0.05) is 13.8 Å². The van der Waals surface area contributed by atoms with Crippen LogP contribution in [-0.4, -0.2) is 15.8 Å². The molecule has 0 amide bonds. The van der Waals surface area contributed by atoms with Crippen LogP contribution in [0.15, 0.2) is 18.3 Å². The molecule has 2 aromatic rings. The van der Waals surface area contributed by atoms with Gasteiger partial charge in [0, 0.05) is 28.5 Å². The molecule has 1 N–H and O–H groups in total. The molecule has 0 saturated heterocycles. The van der Waals surface area contributed by atoms with Crippen molar-refractivity contribution in [3.05, 3.63) is 39.3 Å². The van der Waals surface area contributed by atoms with Gasteiger partial charge in [-0.05, 0) is 31.5 Å². The van der Waals surface area contributed by atoms with Crippen LogP contribution in [0.25, 0.3) is 0 Å². The lowest BCUT2D eigenvalue weighted by atomic mass is 10.2. The third-order valence-corrected chi connectivity index (χ3v) is 3.96. The molecule has 0 aliphatic heterocycles. The highest BCUT2D eigenvalue weighted by molar-refractivity contribution is 7.12. The first-order valence-electron chi connectivity index (χ1n) is 6.36. The topological polar surface area (TPSA) is 29.9 Å². The van der Waals surface area contributed by atoms with Gasteiger partial charge < -0.3 is 5.32 Å². The fourth-order valence-electron chi connectivity index (χ4n) is 1.86. The fourth-order valence-corrected chi connectivity index (χ4v) is 2.87. The van der Waals surface area contributed by atoms with Crippen molar-refractivity contribution < 1.29 is 0 Å². The Hall–Kier alpha value is -1.13. The Bertz CT molecular complexity index is 511. The lowest BCUT2D eigenvalue weighted by molar-refractivity contribution is 0.593. The average molecular weight is 263 g/mol. The van der Waals surface area contributed by atoms with E-state index < -0.39 is 0 Å². The van der Waals surface area contributed by atoms with Gasteiger partial charge in [-0.15, -0.1) is 11.3 Å². The molecule has 3 nitrogen and oxygen atoms in total. The lowest BCUT2D eigenvalue weighted by Gasteiger charge is -2.05. The van der Waals surface area contributed by atoms with Gasteiger partial charge >= 0.3 is 0 Å². The quantitative estimate of drug-likeness (QED) is 0.898. The summed E-state index contributed by atoms with van der Waals surface area (Å²) in [4.78, 5) is 2.80. The van der Waals surface area contributed by atoms with Crippen molar-refractivity contribution in [1.82, 2.24) is 15.1 Å². The van der Waals surface area contributed by atoms with Crippen molar-refractivity contribution in [2.75, 3.05) is 0 Å². The number of nitrogens with one attached hydrogen (secondary N) is 1. The highest BCUT2D eigenvalue weighted by atomic mass is 32.1. The van der Waals surface area contributed by atoms with E-state index in [0.717, 1.165) is 18.8 Å². The molecule has 2 heterocycles. The van der Waals surface area contributed by atoms with Crippen LogP contribution in [0.2, 0.25) is 0 Å². The van der Waals surface area contributed by atoms with Gasteiger partial charge in [0.15, 0.2) is 0 Å². The van der Waals surface area contributed by atoms with Crippen molar-refractivity contribution in [1.29, 1.82) is 0 Å². The average Bonchev–Trinajstić information content (AvgIpc) is 2.84. The predicted octanol–water partition coefficient (Wildman–Crippen LogP) is 3.11. The van der Waals surface area contributed by atoms with Crippen molar-refractivity contribution in [2.45, 2.75) is 46.8 Å². The molecule has 0 spiro atoms. The minimum Gasteiger partial charge on any atom is -0.310 e. The Labute approximate surface area is 113 Å². The normalized spacial score (nSPS) is 11.4. The van der Waals surface area contributed by atoms with Gasteiger partial charge in [-0.25, -0.2) is 0 Å². The van der Waals surface area contributed by atoms with Crippen molar-refractivity contribution in [3.63, 3.8) is 0 Å². The fraction of sp³-hybridized carbons (Fsp3) is 0.500.